The van der Waals surface area contributed by atoms with Gasteiger partial charge in [0, 0.05) is 18.1 Å². The van der Waals surface area contributed by atoms with Crippen LogP contribution in [0.15, 0.2) is 30.6 Å². The Labute approximate surface area is 102 Å². The summed E-state index contributed by atoms with van der Waals surface area (Å²) < 4.78 is 0. The Hall–Kier alpha value is -1.74. The number of rotatable bonds is 2. The fourth-order valence-electron chi connectivity index (χ4n) is 1.87. The van der Waals surface area contributed by atoms with Crippen molar-refractivity contribution in [2.45, 2.75) is 26.8 Å². The van der Waals surface area contributed by atoms with Gasteiger partial charge in [-0.2, -0.15) is 0 Å². The molecule has 0 saturated heterocycles. The van der Waals surface area contributed by atoms with Crippen LogP contribution >= 0.6 is 0 Å². The van der Waals surface area contributed by atoms with Crippen molar-refractivity contribution in [2.24, 2.45) is 5.73 Å². The number of nitrogens with zero attached hydrogens (tertiary/aromatic N) is 2. The molecule has 0 aliphatic heterocycles. The van der Waals surface area contributed by atoms with Crippen LogP contribution in [-0.4, -0.2) is 9.97 Å². The van der Waals surface area contributed by atoms with E-state index >= 15 is 0 Å². The molecule has 0 radical (unpaired) electrons. The molecule has 88 valence electrons. The first-order valence-electron chi connectivity index (χ1n) is 5.69. The van der Waals surface area contributed by atoms with Gasteiger partial charge in [-0.15, -0.1) is 0 Å². The van der Waals surface area contributed by atoms with Gasteiger partial charge >= 0.3 is 0 Å². The highest BCUT2D eigenvalue weighted by atomic mass is 14.8. The molecule has 3 heteroatoms. The third-order valence-corrected chi connectivity index (χ3v) is 2.84. The van der Waals surface area contributed by atoms with E-state index in [0.717, 1.165) is 28.1 Å². The minimum Gasteiger partial charge on any atom is -0.319 e. The van der Waals surface area contributed by atoms with Crippen LogP contribution in [-0.2, 0) is 0 Å². The Morgan fingerprint density at radius 3 is 2.41 bits per heavy atom. The van der Waals surface area contributed by atoms with Gasteiger partial charge < -0.3 is 5.73 Å². The van der Waals surface area contributed by atoms with Crippen molar-refractivity contribution in [1.82, 2.24) is 9.97 Å². The zero-order valence-corrected chi connectivity index (χ0v) is 10.4. The molecule has 2 aromatic heterocycles. The van der Waals surface area contributed by atoms with Gasteiger partial charge in [-0.3, -0.25) is 9.97 Å². The van der Waals surface area contributed by atoms with Crippen molar-refractivity contribution >= 4 is 0 Å². The fraction of sp³-hybridized carbons (Fsp3) is 0.286. The summed E-state index contributed by atoms with van der Waals surface area (Å²) in [6.45, 7) is 6.03. The molecule has 0 aliphatic rings. The molecule has 17 heavy (non-hydrogen) atoms. The Morgan fingerprint density at radius 2 is 1.82 bits per heavy atom. The van der Waals surface area contributed by atoms with Crippen molar-refractivity contribution in [1.29, 1.82) is 0 Å². The van der Waals surface area contributed by atoms with Crippen LogP contribution in [0.4, 0.5) is 0 Å². The topological polar surface area (TPSA) is 51.8 Å². The molecule has 0 spiro atoms. The molecule has 0 amide bonds. The lowest BCUT2D eigenvalue weighted by Gasteiger charge is -2.14. The van der Waals surface area contributed by atoms with E-state index in [9.17, 15) is 0 Å². The van der Waals surface area contributed by atoms with E-state index in [-0.39, 0.29) is 6.04 Å². The predicted octanol–water partition coefficient (Wildman–Crippen LogP) is 2.45. The van der Waals surface area contributed by atoms with Gasteiger partial charge in [-0.05, 0) is 43.5 Å². The number of nitrogens with two attached hydrogens (primary N) is 1. The standard InChI is InChI=1S/C14H17N3/c1-9-6-10(2)14(17-7-9)13(15)12-5-4-11(3)16-8-12/h4-8,13H,15H2,1-3H3. The van der Waals surface area contributed by atoms with Gasteiger partial charge in [-0.1, -0.05) is 12.1 Å². The second kappa shape index (κ2) is 4.63. The van der Waals surface area contributed by atoms with E-state index in [2.05, 4.69) is 16.0 Å². The molecule has 2 rings (SSSR count). The summed E-state index contributed by atoms with van der Waals surface area (Å²) in [7, 11) is 0. The number of aromatic nitrogens is 2. The lowest BCUT2D eigenvalue weighted by Crippen LogP contribution is -2.15. The maximum absolute atomic E-state index is 6.21. The number of hydrogen-bond donors (Lipinski definition) is 1. The fourth-order valence-corrected chi connectivity index (χ4v) is 1.87. The monoisotopic (exact) mass is 227 g/mol. The Kier molecular flexibility index (Phi) is 3.20. The van der Waals surface area contributed by atoms with Crippen LogP contribution in [0.1, 0.15) is 34.1 Å². The van der Waals surface area contributed by atoms with Crippen molar-refractivity contribution in [3.8, 4) is 0 Å². The SMILES string of the molecule is Cc1cnc(C(N)c2ccc(C)nc2)c(C)c1. The highest BCUT2D eigenvalue weighted by Gasteiger charge is 2.13. The highest BCUT2D eigenvalue weighted by Crippen LogP contribution is 2.20. The number of hydrogen-bond acceptors (Lipinski definition) is 3. The minimum atomic E-state index is -0.205. The lowest BCUT2D eigenvalue weighted by atomic mass is 10.0. The zero-order valence-electron chi connectivity index (χ0n) is 10.4. The summed E-state index contributed by atoms with van der Waals surface area (Å²) in [5.41, 5.74) is 11.4. The van der Waals surface area contributed by atoms with Crippen molar-refractivity contribution < 1.29 is 0 Å². The Bertz CT molecular complexity index is 517. The van der Waals surface area contributed by atoms with Crippen molar-refractivity contribution in [2.75, 3.05) is 0 Å². The highest BCUT2D eigenvalue weighted by molar-refractivity contribution is 5.32. The van der Waals surface area contributed by atoms with Crippen LogP contribution in [0.3, 0.4) is 0 Å². The van der Waals surface area contributed by atoms with E-state index in [1.807, 2.05) is 45.3 Å². The third kappa shape index (κ3) is 2.50. The summed E-state index contributed by atoms with van der Waals surface area (Å²) in [4.78, 5) is 8.69. The van der Waals surface area contributed by atoms with Crippen LogP contribution in [0.5, 0.6) is 0 Å². The van der Waals surface area contributed by atoms with E-state index in [1.54, 1.807) is 0 Å². The quantitative estimate of drug-likeness (QED) is 0.857. The summed E-state index contributed by atoms with van der Waals surface area (Å²) in [5.74, 6) is 0. The smallest absolute Gasteiger partial charge is 0.0744 e. The first-order chi connectivity index (χ1) is 8.08. The Morgan fingerprint density at radius 1 is 1.06 bits per heavy atom. The first kappa shape index (κ1) is 11.7. The van der Waals surface area contributed by atoms with Gasteiger partial charge in [0.25, 0.3) is 0 Å². The molecule has 3 nitrogen and oxygen atoms in total. The molecule has 0 fully saturated rings. The molecule has 0 aromatic carbocycles. The predicted molar refractivity (Wildman–Crippen MR) is 68.7 cm³/mol. The largest absolute Gasteiger partial charge is 0.319 e. The van der Waals surface area contributed by atoms with Gasteiger partial charge in [0.15, 0.2) is 0 Å². The Balaban J connectivity index is 2.36. The molecule has 1 unspecified atom stereocenters. The van der Waals surface area contributed by atoms with Crippen LogP contribution in [0.25, 0.3) is 0 Å². The molecule has 0 saturated carbocycles. The van der Waals surface area contributed by atoms with Gasteiger partial charge in [-0.25, -0.2) is 0 Å². The average Bonchev–Trinajstić information content (AvgIpc) is 2.29. The summed E-state index contributed by atoms with van der Waals surface area (Å²) in [5, 5.41) is 0. The second-order valence-electron chi connectivity index (χ2n) is 4.43. The van der Waals surface area contributed by atoms with Crippen molar-refractivity contribution in [3.63, 3.8) is 0 Å². The number of pyridine rings is 2. The third-order valence-electron chi connectivity index (χ3n) is 2.84. The molecular weight excluding hydrogens is 210 g/mol. The van der Waals surface area contributed by atoms with Crippen LogP contribution in [0.2, 0.25) is 0 Å². The van der Waals surface area contributed by atoms with Gasteiger partial charge in [0.1, 0.15) is 0 Å². The molecule has 1 atom stereocenters. The molecule has 2 aromatic rings. The van der Waals surface area contributed by atoms with Crippen molar-refractivity contribution in [3.05, 3.63) is 58.7 Å². The molecule has 0 bridgehead atoms. The maximum Gasteiger partial charge on any atom is 0.0744 e. The second-order valence-corrected chi connectivity index (χ2v) is 4.43. The van der Waals surface area contributed by atoms with Gasteiger partial charge in [0.2, 0.25) is 0 Å². The van der Waals surface area contributed by atoms with E-state index < -0.39 is 0 Å². The molecule has 0 aliphatic carbocycles. The van der Waals surface area contributed by atoms with E-state index in [1.165, 1.54) is 0 Å². The lowest BCUT2D eigenvalue weighted by molar-refractivity contribution is 0.808. The molecule has 2 heterocycles. The first-order valence-corrected chi connectivity index (χ1v) is 5.69. The van der Waals surface area contributed by atoms with Crippen LogP contribution < -0.4 is 5.73 Å². The van der Waals surface area contributed by atoms with E-state index in [0.29, 0.717) is 0 Å². The maximum atomic E-state index is 6.21. The van der Waals surface area contributed by atoms with Crippen LogP contribution in [0, 0.1) is 20.8 Å². The van der Waals surface area contributed by atoms with E-state index in [4.69, 9.17) is 5.73 Å². The summed E-state index contributed by atoms with van der Waals surface area (Å²) in [6, 6.07) is 5.87. The summed E-state index contributed by atoms with van der Waals surface area (Å²) >= 11 is 0. The summed E-state index contributed by atoms with van der Waals surface area (Å²) in [6.07, 6.45) is 3.67. The normalized spacial score (nSPS) is 12.5. The average molecular weight is 227 g/mol. The van der Waals surface area contributed by atoms with Gasteiger partial charge in [0.05, 0.1) is 11.7 Å². The molecule has 2 N–H and O–H groups in total. The minimum absolute atomic E-state index is 0.205. The zero-order chi connectivity index (χ0) is 12.4. The number of aryl methyl sites for hydroxylation is 3. The molecular formula is C14H17N3.